The number of amides is 3. The molecule has 1 saturated heterocycles. The van der Waals surface area contributed by atoms with Crippen molar-refractivity contribution >= 4 is 17.7 Å². The first-order chi connectivity index (χ1) is 13.5. The van der Waals surface area contributed by atoms with Crippen LogP contribution in [0.4, 0.5) is 0 Å². The van der Waals surface area contributed by atoms with Gasteiger partial charge in [-0.1, -0.05) is 30.3 Å². The van der Waals surface area contributed by atoms with Crippen LogP contribution in [0.5, 0.6) is 0 Å². The summed E-state index contributed by atoms with van der Waals surface area (Å²) in [7, 11) is 0. The van der Waals surface area contributed by atoms with Gasteiger partial charge in [0.15, 0.2) is 0 Å². The second-order valence-electron chi connectivity index (χ2n) is 7.59. The summed E-state index contributed by atoms with van der Waals surface area (Å²) < 4.78 is 0. The molecule has 2 heterocycles. The molecule has 0 aliphatic carbocycles. The van der Waals surface area contributed by atoms with E-state index in [1.54, 1.807) is 18.2 Å². The topological polar surface area (TPSA) is 83.7 Å². The molecule has 2 aromatic rings. The monoisotopic (exact) mass is 377 g/mol. The number of carbonyl (C=O) groups is 3. The fourth-order valence-electron chi connectivity index (χ4n) is 4.10. The van der Waals surface area contributed by atoms with Gasteiger partial charge in [0, 0.05) is 18.2 Å². The summed E-state index contributed by atoms with van der Waals surface area (Å²) >= 11 is 0. The average molecular weight is 377 g/mol. The summed E-state index contributed by atoms with van der Waals surface area (Å²) in [5, 5.41) is 0. The Bertz CT molecular complexity index is 941. The molecule has 2 aliphatic rings. The minimum absolute atomic E-state index is 0.112. The summed E-state index contributed by atoms with van der Waals surface area (Å²) in [5.74, 6) is -0.487. The van der Waals surface area contributed by atoms with E-state index in [0.29, 0.717) is 35.7 Å². The zero-order valence-corrected chi connectivity index (χ0v) is 15.8. The molecule has 2 aromatic carbocycles. The van der Waals surface area contributed by atoms with Gasteiger partial charge in [-0.25, -0.2) is 0 Å². The largest absolute Gasteiger partial charge is 0.336 e. The van der Waals surface area contributed by atoms with Gasteiger partial charge >= 0.3 is 0 Å². The third-order valence-electron chi connectivity index (χ3n) is 5.66. The van der Waals surface area contributed by atoms with E-state index in [2.05, 4.69) is 0 Å². The molecule has 0 radical (unpaired) electrons. The zero-order valence-electron chi connectivity index (χ0n) is 15.8. The number of carbonyl (C=O) groups excluding carboxylic acids is 3. The van der Waals surface area contributed by atoms with Crippen molar-refractivity contribution in [2.75, 3.05) is 13.1 Å². The molecule has 2 unspecified atom stereocenters. The summed E-state index contributed by atoms with van der Waals surface area (Å²) in [6.45, 7) is 3.41. The van der Waals surface area contributed by atoms with Crippen molar-refractivity contribution in [1.29, 1.82) is 0 Å². The third kappa shape index (κ3) is 3.10. The van der Waals surface area contributed by atoms with E-state index < -0.39 is 0 Å². The van der Waals surface area contributed by atoms with E-state index in [1.807, 2.05) is 42.2 Å². The van der Waals surface area contributed by atoms with Crippen LogP contribution in [-0.4, -0.2) is 46.7 Å². The predicted molar refractivity (Wildman–Crippen MR) is 105 cm³/mol. The molecule has 0 bridgehead atoms. The van der Waals surface area contributed by atoms with E-state index in [4.69, 9.17) is 5.73 Å². The lowest BCUT2D eigenvalue weighted by Gasteiger charge is -2.21. The van der Waals surface area contributed by atoms with Gasteiger partial charge < -0.3 is 10.6 Å². The van der Waals surface area contributed by atoms with Crippen molar-refractivity contribution in [3.8, 4) is 0 Å². The average Bonchev–Trinajstić information content (AvgIpc) is 3.21. The molecule has 4 rings (SSSR count). The van der Waals surface area contributed by atoms with Gasteiger partial charge in [0.2, 0.25) is 0 Å². The first kappa shape index (κ1) is 18.4. The van der Waals surface area contributed by atoms with Crippen LogP contribution in [0, 0.1) is 5.92 Å². The third-order valence-corrected chi connectivity index (χ3v) is 5.66. The minimum atomic E-state index is -0.354. The molecule has 6 heteroatoms. The minimum Gasteiger partial charge on any atom is -0.336 e. The molecular weight excluding hydrogens is 354 g/mol. The van der Waals surface area contributed by atoms with Gasteiger partial charge in [0.05, 0.1) is 17.7 Å². The molecule has 2 N–H and O–H groups in total. The van der Waals surface area contributed by atoms with Gasteiger partial charge in [-0.3, -0.25) is 19.3 Å². The standard InChI is InChI=1S/C22H23N3O3/c1-14-9-16(11-23)13-24(14)20(26)17-7-8-18-19(10-17)22(28)25(21(18)27)12-15-5-3-2-4-6-15/h2-8,10,14,16H,9,11-13,23H2,1H3. The van der Waals surface area contributed by atoms with Crippen molar-refractivity contribution < 1.29 is 14.4 Å². The van der Waals surface area contributed by atoms with Crippen molar-refractivity contribution in [2.24, 2.45) is 11.7 Å². The maximum atomic E-state index is 13.0. The summed E-state index contributed by atoms with van der Waals surface area (Å²) in [5.41, 5.74) is 7.73. The van der Waals surface area contributed by atoms with E-state index >= 15 is 0 Å². The van der Waals surface area contributed by atoms with Crippen LogP contribution in [0.25, 0.3) is 0 Å². The van der Waals surface area contributed by atoms with E-state index in [0.717, 1.165) is 12.0 Å². The number of likely N-dealkylation sites (tertiary alicyclic amines) is 1. The number of hydrogen-bond donors (Lipinski definition) is 1. The van der Waals surface area contributed by atoms with Crippen LogP contribution < -0.4 is 5.73 Å². The first-order valence-electron chi connectivity index (χ1n) is 9.54. The fourth-order valence-corrected chi connectivity index (χ4v) is 4.10. The highest BCUT2D eigenvalue weighted by Gasteiger charge is 2.37. The molecule has 2 aliphatic heterocycles. The number of rotatable bonds is 4. The summed E-state index contributed by atoms with van der Waals surface area (Å²) in [6, 6.07) is 14.3. The number of fused-ring (bicyclic) bond motifs is 1. The Kier molecular flexibility index (Phi) is 4.73. The SMILES string of the molecule is CC1CC(CN)CN1C(=O)c1ccc2c(c1)C(=O)N(Cc1ccccc1)C2=O. The van der Waals surface area contributed by atoms with Gasteiger partial charge in [-0.15, -0.1) is 0 Å². The second kappa shape index (κ2) is 7.20. The molecule has 6 nitrogen and oxygen atoms in total. The molecule has 1 fully saturated rings. The van der Waals surface area contributed by atoms with Crippen LogP contribution in [0.2, 0.25) is 0 Å². The molecule has 2 atom stereocenters. The van der Waals surface area contributed by atoms with Crippen molar-refractivity contribution in [3.05, 3.63) is 70.8 Å². The quantitative estimate of drug-likeness (QED) is 0.829. The summed E-state index contributed by atoms with van der Waals surface area (Å²) in [6.07, 6.45) is 0.884. The van der Waals surface area contributed by atoms with Crippen LogP contribution in [-0.2, 0) is 6.54 Å². The Hall–Kier alpha value is -2.99. The predicted octanol–water partition coefficient (Wildman–Crippen LogP) is 2.29. The number of hydrogen-bond acceptors (Lipinski definition) is 4. The van der Waals surface area contributed by atoms with Gasteiger partial charge in [-0.05, 0) is 49.6 Å². The Balaban J connectivity index is 1.58. The van der Waals surface area contributed by atoms with Crippen LogP contribution in [0.1, 0.15) is 50.0 Å². The van der Waals surface area contributed by atoms with Crippen molar-refractivity contribution in [1.82, 2.24) is 9.80 Å². The second-order valence-corrected chi connectivity index (χ2v) is 7.59. The molecule has 28 heavy (non-hydrogen) atoms. The molecule has 0 saturated carbocycles. The van der Waals surface area contributed by atoms with E-state index in [-0.39, 0.29) is 30.3 Å². The van der Waals surface area contributed by atoms with Crippen molar-refractivity contribution in [3.63, 3.8) is 0 Å². The van der Waals surface area contributed by atoms with Gasteiger partial charge in [-0.2, -0.15) is 0 Å². The lowest BCUT2D eigenvalue weighted by Crippen LogP contribution is -2.34. The molecule has 144 valence electrons. The number of benzene rings is 2. The maximum absolute atomic E-state index is 13.0. The Morgan fingerprint density at radius 2 is 1.79 bits per heavy atom. The van der Waals surface area contributed by atoms with E-state index in [1.165, 1.54) is 4.90 Å². The highest BCUT2D eigenvalue weighted by molar-refractivity contribution is 6.22. The van der Waals surface area contributed by atoms with Crippen LogP contribution >= 0.6 is 0 Å². The lowest BCUT2D eigenvalue weighted by atomic mass is 10.0. The molecular formula is C22H23N3O3. The van der Waals surface area contributed by atoms with Crippen molar-refractivity contribution in [2.45, 2.75) is 25.9 Å². The Morgan fingerprint density at radius 1 is 1.07 bits per heavy atom. The highest BCUT2D eigenvalue weighted by Crippen LogP contribution is 2.28. The smallest absolute Gasteiger partial charge is 0.261 e. The normalized spacial score (nSPS) is 21.4. The Morgan fingerprint density at radius 3 is 2.46 bits per heavy atom. The van der Waals surface area contributed by atoms with Gasteiger partial charge in [0.1, 0.15) is 0 Å². The molecule has 0 aromatic heterocycles. The van der Waals surface area contributed by atoms with Gasteiger partial charge in [0.25, 0.3) is 17.7 Å². The lowest BCUT2D eigenvalue weighted by molar-refractivity contribution is 0.0641. The molecule has 0 spiro atoms. The van der Waals surface area contributed by atoms with Crippen LogP contribution in [0.15, 0.2) is 48.5 Å². The summed E-state index contributed by atoms with van der Waals surface area (Å²) in [4.78, 5) is 41.5. The highest BCUT2D eigenvalue weighted by atomic mass is 16.2. The zero-order chi connectivity index (χ0) is 19.8. The maximum Gasteiger partial charge on any atom is 0.261 e. The number of nitrogens with two attached hydrogens (primary N) is 1. The molecule has 3 amide bonds. The number of imide groups is 1. The fraction of sp³-hybridized carbons (Fsp3) is 0.318. The Labute approximate surface area is 163 Å². The van der Waals surface area contributed by atoms with E-state index in [9.17, 15) is 14.4 Å². The van der Waals surface area contributed by atoms with Crippen LogP contribution in [0.3, 0.4) is 0 Å². The first-order valence-corrected chi connectivity index (χ1v) is 9.54. The number of nitrogens with zero attached hydrogens (tertiary/aromatic N) is 2.